The van der Waals surface area contributed by atoms with Crippen LogP contribution in [-0.4, -0.2) is 13.2 Å². The molecule has 0 spiro atoms. The predicted molar refractivity (Wildman–Crippen MR) is 61.7 cm³/mol. The van der Waals surface area contributed by atoms with Crippen LogP contribution in [-0.2, 0) is 10.3 Å². The van der Waals surface area contributed by atoms with Gasteiger partial charge in [0.2, 0.25) is 0 Å². The molecule has 0 saturated carbocycles. The molecule has 0 amide bonds. The van der Waals surface area contributed by atoms with Crippen molar-refractivity contribution in [1.82, 2.24) is 0 Å². The molecule has 2 N–H and O–H groups in total. The lowest BCUT2D eigenvalue weighted by molar-refractivity contribution is 0.139. The highest BCUT2D eigenvalue weighted by Crippen LogP contribution is 2.31. The molecule has 15 heavy (non-hydrogen) atoms. The molecule has 0 aromatic heterocycles. The Hall–Kier alpha value is -0.860. The first kappa shape index (κ1) is 10.7. The number of aryl methyl sites for hydroxylation is 1. The highest BCUT2D eigenvalue weighted by Gasteiger charge is 2.29. The topological polar surface area (TPSA) is 35.2 Å². The predicted octanol–water partition coefficient (Wildman–Crippen LogP) is 2.35. The third kappa shape index (κ3) is 2.21. The van der Waals surface area contributed by atoms with Gasteiger partial charge in [-0.1, -0.05) is 24.3 Å². The van der Waals surface area contributed by atoms with Gasteiger partial charge in [0.25, 0.3) is 0 Å². The number of rotatable bonds is 1. The average molecular weight is 205 g/mol. The Kier molecular flexibility index (Phi) is 3.08. The molecule has 0 aliphatic carbocycles. The lowest BCUT2D eigenvalue weighted by atomic mass is 9.82. The van der Waals surface area contributed by atoms with Crippen LogP contribution in [0.3, 0.4) is 0 Å². The van der Waals surface area contributed by atoms with E-state index in [9.17, 15) is 0 Å². The van der Waals surface area contributed by atoms with Crippen molar-refractivity contribution in [1.29, 1.82) is 0 Å². The van der Waals surface area contributed by atoms with Gasteiger partial charge >= 0.3 is 0 Å². The second-order valence-corrected chi connectivity index (χ2v) is 4.44. The highest BCUT2D eigenvalue weighted by molar-refractivity contribution is 5.32. The first-order chi connectivity index (χ1) is 7.22. The van der Waals surface area contributed by atoms with Crippen molar-refractivity contribution in [2.75, 3.05) is 13.2 Å². The van der Waals surface area contributed by atoms with E-state index in [-0.39, 0.29) is 5.54 Å². The lowest BCUT2D eigenvalue weighted by Gasteiger charge is -2.29. The molecule has 1 aliphatic rings. The van der Waals surface area contributed by atoms with Gasteiger partial charge in [-0.05, 0) is 37.3 Å². The van der Waals surface area contributed by atoms with E-state index in [1.165, 1.54) is 11.1 Å². The van der Waals surface area contributed by atoms with Crippen molar-refractivity contribution >= 4 is 0 Å². The molecule has 0 bridgehead atoms. The number of hydrogen-bond donors (Lipinski definition) is 1. The van der Waals surface area contributed by atoms with Crippen LogP contribution in [0.4, 0.5) is 0 Å². The minimum Gasteiger partial charge on any atom is -0.381 e. The molecule has 2 heteroatoms. The fourth-order valence-electron chi connectivity index (χ4n) is 2.37. The van der Waals surface area contributed by atoms with Crippen LogP contribution in [0.5, 0.6) is 0 Å². The fraction of sp³-hybridized carbons (Fsp3) is 0.538. The third-order valence-corrected chi connectivity index (χ3v) is 3.29. The molecule has 1 atom stereocenters. The zero-order chi connectivity index (χ0) is 10.7. The van der Waals surface area contributed by atoms with E-state index in [1.54, 1.807) is 0 Å². The summed E-state index contributed by atoms with van der Waals surface area (Å²) >= 11 is 0. The van der Waals surface area contributed by atoms with Gasteiger partial charge < -0.3 is 10.5 Å². The standard InChI is InChI=1S/C13H19NO/c1-11-5-2-3-6-12(11)13(14)7-4-9-15-10-8-13/h2-3,5-6H,4,7-10,14H2,1H3. The van der Waals surface area contributed by atoms with Crippen molar-refractivity contribution in [3.63, 3.8) is 0 Å². The van der Waals surface area contributed by atoms with E-state index in [0.29, 0.717) is 0 Å². The van der Waals surface area contributed by atoms with Crippen molar-refractivity contribution in [3.8, 4) is 0 Å². The largest absolute Gasteiger partial charge is 0.381 e. The second-order valence-electron chi connectivity index (χ2n) is 4.44. The quantitative estimate of drug-likeness (QED) is 0.763. The van der Waals surface area contributed by atoms with E-state index < -0.39 is 0 Å². The van der Waals surface area contributed by atoms with Crippen molar-refractivity contribution in [2.45, 2.75) is 31.7 Å². The minimum absolute atomic E-state index is 0.179. The van der Waals surface area contributed by atoms with Crippen molar-refractivity contribution < 1.29 is 4.74 Å². The molecule has 1 fully saturated rings. The van der Waals surface area contributed by atoms with E-state index in [4.69, 9.17) is 10.5 Å². The summed E-state index contributed by atoms with van der Waals surface area (Å²) in [5.41, 5.74) is 8.90. The number of ether oxygens (including phenoxy) is 1. The van der Waals surface area contributed by atoms with Gasteiger partial charge in [0.05, 0.1) is 0 Å². The van der Waals surface area contributed by atoms with Gasteiger partial charge in [-0.3, -0.25) is 0 Å². The molecule has 1 unspecified atom stereocenters. The Morgan fingerprint density at radius 3 is 2.80 bits per heavy atom. The van der Waals surface area contributed by atoms with Crippen molar-refractivity contribution in [3.05, 3.63) is 35.4 Å². The zero-order valence-electron chi connectivity index (χ0n) is 9.33. The van der Waals surface area contributed by atoms with Gasteiger partial charge in [-0.2, -0.15) is 0 Å². The molecular weight excluding hydrogens is 186 g/mol. The average Bonchev–Trinajstić information content (AvgIpc) is 2.44. The molecule has 82 valence electrons. The molecule has 2 rings (SSSR count). The minimum atomic E-state index is -0.179. The second kappa shape index (κ2) is 4.33. The van der Waals surface area contributed by atoms with Crippen LogP contribution in [0, 0.1) is 6.92 Å². The first-order valence-electron chi connectivity index (χ1n) is 5.65. The van der Waals surface area contributed by atoms with E-state index in [0.717, 1.165) is 32.5 Å². The monoisotopic (exact) mass is 205 g/mol. The number of hydrogen-bond acceptors (Lipinski definition) is 2. The Bertz CT molecular complexity index is 327. The molecular formula is C13H19NO. The first-order valence-corrected chi connectivity index (χ1v) is 5.65. The maximum absolute atomic E-state index is 6.50. The van der Waals surface area contributed by atoms with Crippen LogP contribution < -0.4 is 5.73 Å². The molecule has 1 heterocycles. The smallest absolute Gasteiger partial charge is 0.0486 e. The summed E-state index contributed by atoms with van der Waals surface area (Å²) in [5, 5.41) is 0. The van der Waals surface area contributed by atoms with E-state index in [1.807, 2.05) is 0 Å². The van der Waals surface area contributed by atoms with Gasteiger partial charge in [0, 0.05) is 18.8 Å². The van der Waals surface area contributed by atoms with Gasteiger partial charge in [-0.25, -0.2) is 0 Å². The molecule has 1 aliphatic heterocycles. The maximum atomic E-state index is 6.50. The number of benzene rings is 1. The SMILES string of the molecule is Cc1ccccc1C1(N)CCCOCC1. The number of nitrogens with two attached hydrogens (primary N) is 1. The normalized spacial score (nSPS) is 27.3. The zero-order valence-corrected chi connectivity index (χ0v) is 9.33. The Balaban J connectivity index is 2.30. The molecule has 1 aromatic rings. The summed E-state index contributed by atoms with van der Waals surface area (Å²) in [4.78, 5) is 0. The van der Waals surface area contributed by atoms with Crippen LogP contribution in [0.1, 0.15) is 30.4 Å². The summed E-state index contributed by atoms with van der Waals surface area (Å²) in [6, 6.07) is 8.43. The molecule has 1 aromatic carbocycles. The summed E-state index contributed by atoms with van der Waals surface area (Å²) < 4.78 is 5.47. The Morgan fingerprint density at radius 1 is 1.20 bits per heavy atom. The highest BCUT2D eigenvalue weighted by atomic mass is 16.5. The van der Waals surface area contributed by atoms with Crippen molar-refractivity contribution in [2.24, 2.45) is 5.73 Å². The van der Waals surface area contributed by atoms with Crippen LogP contribution in [0.15, 0.2) is 24.3 Å². The third-order valence-electron chi connectivity index (χ3n) is 3.29. The molecule has 2 nitrogen and oxygen atoms in total. The van der Waals surface area contributed by atoms with Crippen LogP contribution in [0.25, 0.3) is 0 Å². The Labute approximate surface area is 91.4 Å². The summed E-state index contributed by atoms with van der Waals surface area (Å²) in [5.74, 6) is 0. The van der Waals surface area contributed by atoms with Gasteiger partial charge in [0.1, 0.15) is 0 Å². The maximum Gasteiger partial charge on any atom is 0.0486 e. The molecule has 1 saturated heterocycles. The summed E-state index contributed by atoms with van der Waals surface area (Å²) in [7, 11) is 0. The van der Waals surface area contributed by atoms with Crippen LogP contribution >= 0.6 is 0 Å². The van der Waals surface area contributed by atoms with E-state index in [2.05, 4.69) is 31.2 Å². The van der Waals surface area contributed by atoms with E-state index >= 15 is 0 Å². The van der Waals surface area contributed by atoms with Gasteiger partial charge in [-0.15, -0.1) is 0 Å². The fourth-order valence-corrected chi connectivity index (χ4v) is 2.37. The van der Waals surface area contributed by atoms with Gasteiger partial charge in [0.15, 0.2) is 0 Å². The summed E-state index contributed by atoms with van der Waals surface area (Å²) in [6.07, 6.45) is 3.01. The summed E-state index contributed by atoms with van der Waals surface area (Å²) in [6.45, 7) is 3.77. The Morgan fingerprint density at radius 2 is 2.00 bits per heavy atom. The molecule has 0 radical (unpaired) electrons. The lowest BCUT2D eigenvalue weighted by Crippen LogP contribution is -2.37. The van der Waals surface area contributed by atoms with Crippen LogP contribution in [0.2, 0.25) is 0 Å².